The zero-order valence-electron chi connectivity index (χ0n) is 11.5. The topological polar surface area (TPSA) is 54.3 Å². The summed E-state index contributed by atoms with van der Waals surface area (Å²) in [5.74, 6) is 1.37. The number of benzene rings is 1. The fourth-order valence-electron chi connectivity index (χ4n) is 2.41. The van der Waals surface area contributed by atoms with E-state index in [1.54, 1.807) is 7.11 Å². The van der Waals surface area contributed by atoms with Gasteiger partial charge >= 0.3 is 0 Å². The second-order valence-electron chi connectivity index (χ2n) is 4.97. The van der Waals surface area contributed by atoms with E-state index in [-0.39, 0.29) is 0 Å². The molecule has 0 atom stereocenters. The molecule has 0 saturated heterocycles. The van der Waals surface area contributed by atoms with Gasteiger partial charge in [-0.15, -0.1) is 0 Å². The lowest BCUT2D eigenvalue weighted by Crippen LogP contribution is -2.36. The summed E-state index contributed by atoms with van der Waals surface area (Å²) in [6.07, 6.45) is 2.62. The van der Waals surface area contributed by atoms with E-state index in [9.17, 15) is 0 Å². The van der Waals surface area contributed by atoms with E-state index in [0.717, 1.165) is 30.9 Å². The van der Waals surface area contributed by atoms with Crippen molar-refractivity contribution in [2.75, 3.05) is 20.7 Å². The van der Waals surface area contributed by atoms with Crippen molar-refractivity contribution in [2.24, 2.45) is 5.92 Å². The third-order valence-corrected chi connectivity index (χ3v) is 3.56. The maximum absolute atomic E-state index is 9.02. The minimum Gasteiger partial charge on any atom is -0.495 e. The molecule has 4 nitrogen and oxygen atoms in total. The van der Waals surface area contributed by atoms with Crippen LogP contribution < -0.4 is 10.1 Å². The van der Waals surface area contributed by atoms with Gasteiger partial charge in [-0.3, -0.25) is 0 Å². The van der Waals surface area contributed by atoms with Crippen LogP contribution in [0.3, 0.4) is 0 Å². The molecule has 2 rings (SSSR count). The van der Waals surface area contributed by atoms with Gasteiger partial charge in [0.25, 0.3) is 0 Å². The molecule has 1 saturated carbocycles. The number of nitriles is 1. The molecule has 0 amide bonds. The molecule has 0 unspecified atom stereocenters. The van der Waals surface area contributed by atoms with Gasteiger partial charge in [0.2, 0.25) is 0 Å². The largest absolute Gasteiger partial charge is 0.495 e. The average Bonchev–Trinajstić information content (AvgIpc) is 2.40. The van der Waals surface area contributed by atoms with Crippen molar-refractivity contribution >= 4 is 0 Å². The van der Waals surface area contributed by atoms with E-state index in [1.165, 1.54) is 0 Å². The zero-order chi connectivity index (χ0) is 13.7. The van der Waals surface area contributed by atoms with Crippen LogP contribution >= 0.6 is 0 Å². The van der Waals surface area contributed by atoms with Crippen LogP contribution in [-0.4, -0.2) is 26.8 Å². The smallest absolute Gasteiger partial charge is 0.136 e. The molecule has 1 aliphatic carbocycles. The van der Waals surface area contributed by atoms with Gasteiger partial charge in [-0.05, 0) is 50.0 Å². The van der Waals surface area contributed by atoms with E-state index in [0.29, 0.717) is 24.0 Å². The van der Waals surface area contributed by atoms with Gasteiger partial charge in [0, 0.05) is 0 Å². The summed E-state index contributed by atoms with van der Waals surface area (Å²) in [6, 6.07) is 7.74. The highest BCUT2D eigenvalue weighted by Gasteiger charge is 2.28. The first kappa shape index (κ1) is 13.9. The lowest BCUT2D eigenvalue weighted by molar-refractivity contribution is -0.0391. The third-order valence-electron chi connectivity index (χ3n) is 3.56. The minimum atomic E-state index is 0.367. The lowest BCUT2D eigenvalue weighted by atomic mass is 9.82. The van der Waals surface area contributed by atoms with E-state index in [4.69, 9.17) is 14.7 Å². The molecular formula is C15H20N2O2. The van der Waals surface area contributed by atoms with Crippen molar-refractivity contribution in [3.05, 3.63) is 29.3 Å². The first-order valence-electron chi connectivity index (χ1n) is 6.60. The van der Waals surface area contributed by atoms with Crippen LogP contribution in [0.15, 0.2) is 18.2 Å². The summed E-state index contributed by atoms with van der Waals surface area (Å²) >= 11 is 0. The quantitative estimate of drug-likeness (QED) is 0.851. The fraction of sp³-hybridized carbons (Fsp3) is 0.533. The standard InChI is InChI=1S/C15H20N2O2/c1-17-9-12-6-14(7-12)19-10-11-3-4-15(18-2)13(5-11)8-16/h3-5,12,14,17H,6-7,9-10H2,1-2H3. The summed E-state index contributed by atoms with van der Waals surface area (Å²) in [6.45, 7) is 1.64. The number of nitrogens with one attached hydrogen (secondary N) is 1. The molecule has 1 aliphatic rings. The Morgan fingerprint density at radius 1 is 1.42 bits per heavy atom. The predicted octanol–water partition coefficient (Wildman–Crippen LogP) is 2.08. The Balaban J connectivity index is 1.83. The molecule has 0 aromatic heterocycles. The predicted molar refractivity (Wildman–Crippen MR) is 72.9 cm³/mol. The third kappa shape index (κ3) is 3.46. The molecule has 0 radical (unpaired) electrons. The first-order valence-corrected chi connectivity index (χ1v) is 6.60. The minimum absolute atomic E-state index is 0.367. The van der Waals surface area contributed by atoms with Crippen LogP contribution in [0.5, 0.6) is 5.75 Å². The molecule has 1 aromatic rings. The van der Waals surface area contributed by atoms with Crippen LogP contribution in [0, 0.1) is 17.2 Å². The molecule has 0 heterocycles. The summed E-state index contributed by atoms with van der Waals surface area (Å²) in [5, 5.41) is 12.2. The molecule has 19 heavy (non-hydrogen) atoms. The van der Waals surface area contributed by atoms with Gasteiger partial charge < -0.3 is 14.8 Å². The Morgan fingerprint density at radius 2 is 2.21 bits per heavy atom. The first-order chi connectivity index (χ1) is 9.26. The van der Waals surface area contributed by atoms with Gasteiger partial charge in [0.05, 0.1) is 25.4 Å². The molecule has 4 heteroatoms. The number of rotatable bonds is 6. The van der Waals surface area contributed by atoms with Crippen molar-refractivity contribution in [2.45, 2.75) is 25.6 Å². The number of hydrogen-bond acceptors (Lipinski definition) is 4. The Bertz CT molecular complexity index is 462. The Kier molecular flexibility index (Phi) is 4.78. The van der Waals surface area contributed by atoms with Gasteiger partial charge in [-0.25, -0.2) is 0 Å². The maximum atomic E-state index is 9.02. The number of methoxy groups -OCH3 is 1. The molecule has 1 fully saturated rings. The van der Waals surface area contributed by atoms with Gasteiger partial charge in [0.15, 0.2) is 0 Å². The van der Waals surface area contributed by atoms with Gasteiger partial charge in [-0.1, -0.05) is 6.07 Å². The highest BCUT2D eigenvalue weighted by Crippen LogP contribution is 2.30. The van der Waals surface area contributed by atoms with E-state index in [1.807, 2.05) is 25.2 Å². The van der Waals surface area contributed by atoms with Crippen LogP contribution in [0.1, 0.15) is 24.0 Å². The average molecular weight is 260 g/mol. The monoisotopic (exact) mass is 260 g/mol. The molecular weight excluding hydrogens is 240 g/mol. The second-order valence-corrected chi connectivity index (χ2v) is 4.97. The van der Waals surface area contributed by atoms with Crippen molar-refractivity contribution in [1.29, 1.82) is 5.26 Å². The number of ether oxygens (including phenoxy) is 2. The SMILES string of the molecule is CNCC1CC(OCc2ccc(OC)c(C#N)c2)C1. The normalized spacial score (nSPS) is 21.5. The lowest BCUT2D eigenvalue weighted by Gasteiger charge is -2.35. The van der Waals surface area contributed by atoms with E-state index >= 15 is 0 Å². The molecule has 1 N–H and O–H groups in total. The Morgan fingerprint density at radius 3 is 2.84 bits per heavy atom. The zero-order valence-corrected chi connectivity index (χ0v) is 11.5. The Hall–Kier alpha value is -1.57. The highest BCUT2D eigenvalue weighted by molar-refractivity contribution is 5.45. The highest BCUT2D eigenvalue weighted by atomic mass is 16.5. The van der Waals surface area contributed by atoms with Crippen molar-refractivity contribution in [1.82, 2.24) is 5.32 Å². The summed E-state index contributed by atoms with van der Waals surface area (Å²) in [4.78, 5) is 0. The molecule has 0 spiro atoms. The summed E-state index contributed by atoms with van der Waals surface area (Å²) in [5.41, 5.74) is 1.58. The van der Waals surface area contributed by atoms with Gasteiger partial charge in [0.1, 0.15) is 11.8 Å². The van der Waals surface area contributed by atoms with Crippen LogP contribution in [0.4, 0.5) is 0 Å². The molecule has 0 aliphatic heterocycles. The molecule has 102 valence electrons. The van der Waals surface area contributed by atoms with Crippen LogP contribution in [-0.2, 0) is 11.3 Å². The van der Waals surface area contributed by atoms with Crippen molar-refractivity contribution in [3.8, 4) is 11.8 Å². The maximum Gasteiger partial charge on any atom is 0.136 e. The van der Waals surface area contributed by atoms with E-state index < -0.39 is 0 Å². The number of nitrogens with zero attached hydrogens (tertiary/aromatic N) is 1. The van der Waals surface area contributed by atoms with Crippen molar-refractivity contribution < 1.29 is 9.47 Å². The van der Waals surface area contributed by atoms with Crippen LogP contribution in [0.25, 0.3) is 0 Å². The number of hydrogen-bond donors (Lipinski definition) is 1. The van der Waals surface area contributed by atoms with Crippen molar-refractivity contribution in [3.63, 3.8) is 0 Å². The molecule has 1 aromatic carbocycles. The summed E-state index contributed by atoms with van der Waals surface area (Å²) in [7, 11) is 3.55. The van der Waals surface area contributed by atoms with Crippen LogP contribution in [0.2, 0.25) is 0 Å². The van der Waals surface area contributed by atoms with Gasteiger partial charge in [-0.2, -0.15) is 5.26 Å². The Labute approximate surface area is 114 Å². The fourth-order valence-corrected chi connectivity index (χ4v) is 2.41. The summed E-state index contributed by atoms with van der Waals surface area (Å²) < 4.78 is 11.0. The second kappa shape index (κ2) is 6.55. The van der Waals surface area contributed by atoms with E-state index in [2.05, 4.69) is 11.4 Å². The molecule has 0 bridgehead atoms.